The van der Waals surface area contributed by atoms with E-state index >= 15 is 0 Å². The Labute approximate surface area is 185 Å². The van der Waals surface area contributed by atoms with E-state index in [1.54, 1.807) is 4.90 Å². The minimum Gasteiger partial charge on any atom is -0.486 e. The van der Waals surface area contributed by atoms with Crippen molar-refractivity contribution >= 4 is 5.91 Å². The van der Waals surface area contributed by atoms with Gasteiger partial charge in [0.15, 0.2) is 18.0 Å². The number of amides is 1. The lowest BCUT2D eigenvalue weighted by atomic mass is 9.95. The van der Waals surface area contributed by atoms with Crippen LogP contribution in [-0.2, 0) is 11.3 Å². The van der Waals surface area contributed by atoms with Gasteiger partial charge in [-0.15, -0.1) is 0 Å². The molecule has 2 aliphatic heterocycles. The van der Waals surface area contributed by atoms with Gasteiger partial charge in [0, 0.05) is 5.56 Å². The predicted molar refractivity (Wildman–Crippen MR) is 120 cm³/mol. The molecule has 4 rings (SSSR count). The standard InChI is InChI=1S/C25H33N3O3/c1-19(2)25(21-8-9-22-23(16-21)31-15-14-30-22)26-24(29)18-28-12-10-27(11-13-28)17-20-6-4-3-5-7-20/h3-9,16,19,25H,10-15,17-18H2,1-2H3,(H,26,29)/p+2/t25-/m0/s1. The van der Waals surface area contributed by atoms with Gasteiger partial charge in [0.2, 0.25) is 0 Å². The zero-order chi connectivity index (χ0) is 21.6. The number of hydrogen-bond donors (Lipinski definition) is 3. The normalized spacial score (nSPS) is 21.5. The summed E-state index contributed by atoms with van der Waals surface area (Å²) in [7, 11) is 0. The Kier molecular flexibility index (Phi) is 7.10. The molecule has 0 bridgehead atoms. The number of carbonyl (C=O) groups is 1. The number of fused-ring (bicyclic) bond motifs is 1. The summed E-state index contributed by atoms with van der Waals surface area (Å²) >= 11 is 0. The molecule has 0 saturated carbocycles. The summed E-state index contributed by atoms with van der Waals surface area (Å²) in [6, 6.07) is 16.6. The van der Waals surface area contributed by atoms with Gasteiger partial charge in [-0.2, -0.15) is 0 Å². The van der Waals surface area contributed by atoms with Crippen LogP contribution in [0.4, 0.5) is 0 Å². The number of nitrogens with one attached hydrogen (secondary N) is 3. The molecule has 1 amide bonds. The fourth-order valence-corrected chi connectivity index (χ4v) is 4.54. The lowest BCUT2D eigenvalue weighted by molar-refractivity contribution is -1.02. The van der Waals surface area contributed by atoms with Crippen molar-refractivity contribution < 1.29 is 24.1 Å². The van der Waals surface area contributed by atoms with E-state index in [4.69, 9.17) is 9.47 Å². The van der Waals surface area contributed by atoms with Crippen LogP contribution in [-0.4, -0.2) is 51.8 Å². The maximum Gasteiger partial charge on any atom is 0.275 e. The van der Waals surface area contributed by atoms with E-state index in [2.05, 4.69) is 49.5 Å². The third kappa shape index (κ3) is 5.77. The number of rotatable bonds is 7. The van der Waals surface area contributed by atoms with Gasteiger partial charge in [0.05, 0.1) is 6.04 Å². The summed E-state index contributed by atoms with van der Waals surface area (Å²) in [4.78, 5) is 15.8. The Morgan fingerprint density at radius 3 is 2.32 bits per heavy atom. The molecule has 2 aromatic rings. The van der Waals surface area contributed by atoms with Crippen LogP contribution in [0.3, 0.4) is 0 Å². The second-order valence-corrected chi connectivity index (χ2v) is 9.03. The second-order valence-electron chi connectivity index (χ2n) is 9.03. The summed E-state index contributed by atoms with van der Waals surface area (Å²) in [5.41, 5.74) is 2.46. The highest BCUT2D eigenvalue weighted by atomic mass is 16.6. The topological polar surface area (TPSA) is 56.4 Å². The minimum absolute atomic E-state index is 0.0345. The average Bonchev–Trinajstić information content (AvgIpc) is 2.79. The molecule has 3 N–H and O–H groups in total. The SMILES string of the molecule is CC(C)[C@H](NC(=O)C[NH+]1CC[NH+](Cc2ccccc2)CC1)c1ccc2c(c1)OCCO2. The molecule has 2 heterocycles. The van der Waals surface area contributed by atoms with E-state index in [-0.39, 0.29) is 17.9 Å². The Morgan fingerprint density at radius 2 is 1.61 bits per heavy atom. The molecule has 1 atom stereocenters. The van der Waals surface area contributed by atoms with Gasteiger partial charge >= 0.3 is 0 Å². The first-order valence-electron chi connectivity index (χ1n) is 11.5. The zero-order valence-electron chi connectivity index (χ0n) is 18.7. The van der Waals surface area contributed by atoms with E-state index in [0.29, 0.717) is 19.8 Å². The maximum absolute atomic E-state index is 12.9. The average molecular weight is 426 g/mol. The first-order chi connectivity index (χ1) is 15.1. The lowest BCUT2D eigenvalue weighted by Gasteiger charge is -2.30. The van der Waals surface area contributed by atoms with Crippen LogP contribution in [0.2, 0.25) is 0 Å². The van der Waals surface area contributed by atoms with Crippen molar-refractivity contribution in [2.75, 3.05) is 45.9 Å². The highest BCUT2D eigenvalue weighted by Gasteiger charge is 2.27. The van der Waals surface area contributed by atoms with E-state index in [1.807, 2.05) is 18.2 Å². The molecule has 0 aliphatic carbocycles. The van der Waals surface area contributed by atoms with Crippen molar-refractivity contribution in [2.45, 2.75) is 26.4 Å². The molecule has 1 fully saturated rings. The monoisotopic (exact) mass is 425 g/mol. The number of piperazine rings is 1. The summed E-state index contributed by atoms with van der Waals surface area (Å²) in [5.74, 6) is 1.96. The van der Waals surface area contributed by atoms with Crippen molar-refractivity contribution in [3.05, 3.63) is 59.7 Å². The molecule has 0 spiro atoms. The molecular formula is C25H35N3O3+2. The molecule has 166 valence electrons. The van der Waals surface area contributed by atoms with E-state index in [0.717, 1.165) is 49.8 Å². The highest BCUT2D eigenvalue weighted by molar-refractivity contribution is 5.77. The van der Waals surface area contributed by atoms with Crippen LogP contribution < -0.4 is 24.6 Å². The largest absolute Gasteiger partial charge is 0.486 e. The maximum atomic E-state index is 12.9. The summed E-state index contributed by atoms with van der Waals surface area (Å²) in [6.07, 6.45) is 0. The number of hydrogen-bond acceptors (Lipinski definition) is 3. The van der Waals surface area contributed by atoms with Gasteiger partial charge in [-0.05, 0) is 23.6 Å². The second kappa shape index (κ2) is 10.2. The van der Waals surface area contributed by atoms with Gasteiger partial charge in [-0.25, -0.2) is 0 Å². The van der Waals surface area contributed by atoms with Crippen molar-refractivity contribution in [2.24, 2.45) is 5.92 Å². The van der Waals surface area contributed by atoms with Gasteiger partial charge in [0.1, 0.15) is 45.9 Å². The molecule has 6 heteroatoms. The predicted octanol–water partition coefficient (Wildman–Crippen LogP) is 0.255. The van der Waals surface area contributed by atoms with Crippen molar-refractivity contribution in [1.82, 2.24) is 5.32 Å². The Bertz CT molecular complexity index is 864. The smallest absolute Gasteiger partial charge is 0.275 e. The fourth-order valence-electron chi connectivity index (χ4n) is 4.54. The number of benzene rings is 2. The molecule has 31 heavy (non-hydrogen) atoms. The molecule has 6 nitrogen and oxygen atoms in total. The van der Waals surface area contributed by atoms with Crippen LogP contribution in [0.5, 0.6) is 11.5 Å². The third-order valence-electron chi connectivity index (χ3n) is 6.28. The molecule has 2 aromatic carbocycles. The van der Waals surface area contributed by atoms with Gasteiger partial charge < -0.3 is 24.6 Å². The number of carbonyl (C=O) groups excluding carboxylic acids is 1. The zero-order valence-corrected chi connectivity index (χ0v) is 18.7. The summed E-state index contributed by atoms with van der Waals surface area (Å²) < 4.78 is 11.4. The Morgan fingerprint density at radius 1 is 0.935 bits per heavy atom. The van der Waals surface area contributed by atoms with Crippen LogP contribution >= 0.6 is 0 Å². The van der Waals surface area contributed by atoms with Gasteiger partial charge in [0.25, 0.3) is 5.91 Å². The quantitative estimate of drug-likeness (QED) is 0.596. The Balaban J connectivity index is 1.29. The van der Waals surface area contributed by atoms with Crippen LogP contribution in [0.1, 0.15) is 31.0 Å². The number of ether oxygens (including phenoxy) is 2. The lowest BCUT2D eigenvalue weighted by Crippen LogP contribution is -3.28. The molecule has 0 unspecified atom stereocenters. The highest BCUT2D eigenvalue weighted by Crippen LogP contribution is 2.34. The Hall–Kier alpha value is -2.57. The minimum atomic E-state index is -0.0345. The van der Waals surface area contributed by atoms with Crippen LogP contribution in [0, 0.1) is 5.92 Å². The number of quaternary nitrogens is 2. The van der Waals surface area contributed by atoms with Crippen LogP contribution in [0.25, 0.3) is 0 Å². The molecule has 0 radical (unpaired) electrons. The molecule has 1 saturated heterocycles. The first kappa shape index (κ1) is 21.7. The summed E-state index contributed by atoms with van der Waals surface area (Å²) in [5, 5.41) is 3.27. The molecular weight excluding hydrogens is 390 g/mol. The summed E-state index contributed by atoms with van der Waals surface area (Å²) in [6.45, 7) is 11.3. The van der Waals surface area contributed by atoms with Gasteiger partial charge in [-0.1, -0.05) is 50.2 Å². The van der Waals surface area contributed by atoms with E-state index < -0.39 is 0 Å². The molecule has 0 aromatic heterocycles. The van der Waals surface area contributed by atoms with Crippen molar-refractivity contribution in [3.8, 4) is 11.5 Å². The first-order valence-corrected chi connectivity index (χ1v) is 11.5. The van der Waals surface area contributed by atoms with Crippen LogP contribution in [0.15, 0.2) is 48.5 Å². The van der Waals surface area contributed by atoms with Crippen molar-refractivity contribution in [1.29, 1.82) is 0 Å². The third-order valence-corrected chi connectivity index (χ3v) is 6.28. The van der Waals surface area contributed by atoms with E-state index in [1.165, 1.54) is 10.5 Å². The van der Waals surface area contributed by atoms with Gasteiger partial charge in [-0.3, -0.25) is 4.79 Å². The molecule has 2 aliphatic rings. The van der Waals surface area contributed by atoms with E-state index in [9.17, 15) is 4.79 Å². The fraction of sp³-hybridized carbons (Fsp3) is 0.480. The van der Waals surface area contributed by atoms with Crippen molar-refractivity contribution in [3.63, 3.8) is 0 Å².